The van der Waals surface area contributed by atoms with Gasteiger partial charge in [-0.15, -0.1) is 12.6 Å². The average Bonchev–Trinajstić information content (AvgIpc) is 2.01. The molecular formula is C8H8O3S. The maximum absolute atomic E-state index is 11.0. The summed E-state index contributed by atoms with van der Waals surface area (Å²) in [4.78, 5) is 11.5. The van der Waals surface area contributed by atoms with Crippen molar-refractivity contribution in [2.45, 2.75) is 4.90 Å². The molecule has 0 fully saturated rings. The van der Waals surface area contributed by atoms with E-state index < -0.39 is 5.97 Å². The van der Waals surface area contributed by atoms with Gasteiger partial charge < -0.3 is 9.84 Å². The number of phenols is 1. The normalized spacial score (nSPS) is 9.50. The van der Waals surface area contributed by atoms with E-state index in [1.54, 1.807) is 0 Å². The second-order valence-electron chi connectivity index (χ2n) is 2.23. The van der Waals surface area contributed by atoms with Crippen LogP contribution in [0.3, 0.4) is 0 Å². The molecule has 0 unspecified atom stereocenters. The Morgan fingerprint density at radius 1 is 1.50 bits per heavy atom. The molecule has 0 spiro atoms. The third kappa shape index (κ3) is 1.92. The Balaban J connectivity index is 3.08. The lowest BCUT2D eigenvalue weighted by Gasteiger charge is -2.00. The van der Waals surface area contributed by atoms with Gasteiger partial charge >= 0.3 is 5.97 Å². The van der Waals surface area contributed by atoms with Crippen molar-refractivity contribution in [2.75, 3.05) is 7.11 Å². The minimum absolute atomic E-state index is 0.00269. The topological polar surface area (TPSA) is 46.5 Å². The number of phenolic OH excluding ortho intramolecular Hbond substituents is 1. The van der Waals surface area contributed by atoms with Crippen molar-refractivity contribution in [3.8, 4) is 5.75 Å². The van der Waals surface area contributed by atoms with E-state index in [2.05, 4.69) is 17.4 Å². The van der Waals surface area contributed by atoms with Crippen molar-refractivity contribution in [1.29, 1.82) is 0 Å². The molecule has 0 heterocycles. The van der Waals surface area contributed by atoms with Crippen LogP contribution in [0.1, 0.15) is 10.4 Å². The summed E-state index contributed by atoms with van der Waals surface area (Å²) in [5.41, 5.74) is 0.294. The van der Waals surface area contributed by atoms with Gasteiger partial charge in [-0.2, -0.15) is 0 Å². The Kier molecular flexibility index (Phi) is 2.60. The molecule has 0 aromatic heterocycles. The van der Waals surface area contributed by atoms with Crippen LogP contribution in [0.5, 0.6) is 5.75 Å². The van der Waals surface area contributed by atoms with Crippen LogP contribution >= 0.6 is 12.6 Å². The summed E-state index contributed by atoms with van der Waals surface area (Å²) in [6.45, 7) is 0. The number of thiol groups is 1. The van der Waals surface area contributed by atoms with E-state index >= 15 is 0 Å². The van der Waals surface area contributed by atoms with Gasteiger partial charge in [0, 0.05) is 4.90 Å². The second-order valence-corrected chi connectivity index (χ2v) is 2.75. The zero-order valence-corrected chi connectivity index (χ0v) is 7.34. The van der Waals surface area contributed by atoms with E-state index in [0.29, 0.717) is 10.5 Å². The van der Waals surface area contributed by atoms with Crippen LogP contribution in [0.15, 0.2) is 23.1 Å². The number of methoxy groups -OCH3 is 1. The number of rotatable bonds is 1. The number of ether oxygens (including phenoxy) is 1. The number of carbonyl (C=O) groups is 1. The van der Waals surface area contributed by atoms with Crippen molar-refractivity contribution in [2.24, 2.45) is 0 Å². The lowest BCUT2D eigenvalue weighted by molar-refractivity contribution is 0.0600. The minimum atomic E-state index is -0.485. The van der Waals surface area contributed by atoms with Gasteiger partial charge in [0.05, 0.1) is 12.7 Å². The molecule has 0 aliphatic heterocycles. The Hall–Kier alpha value is -1.16. The maximum atomic E-state index is 11.0. The summed E-state index contributed by atoms with van der Waals surface area (Å²) < 4.78 is 4.46. The molecule has 0 amide bonds. The van der Waals surface area contributed by atoms with Crippen molar-refractivity contribution in [1.82, 2.24) is 0 Å². The van der Waals surface area contributed by atoms with Gasteiger partial charge in [0.1, 0.15) is 5.75 Å². The van der Waals surface area contributed by atoms with Crippen LogP contribution in [-0.4, -0.2) is 18.2 Å². The maximum Gasteiger partial charge on any atom is 0.338 e. The average molecular weight is 184 g/mol. The summed E-state index contributed by atoms with van der Waals surface area (Å²) in [5.74, 6) is -0.482. The van der Waals surface area contributed by atoms with Gasteiger partial charge in [-0.05, 0) is 18.2 Å². The number of hydrogen-bond donors (Lipinski definition) is 2. The Morgan fingerprint density at radius 2 is 2.17 bits per heavy atom. The van der Waals surface area contributed by atoms with E-state index in [1.807, 2.05) is 0 Å². The van der Waals surface area contributed by atoms with Crippen LogP contribution in [-0.2, 0) is 4.74 Å². The lowest BCUT2D eigenvalue weighted by atomic mass is 10.2. The SMILES string of the molecule is COC(=O)c1cc(O)cc(S)c1. The van der Waals surface area contributed by atoms with Crippen LogP contribution in [0.4, 0.5) is 0 Å². The highest BCUT2D eigenvalue weighted by Gasteiger charge is 2.06. The van der Waals surface area contributed by atoms with Gasteiger partial charge in [0.15, 0.2) is 0 Å². The molecule has 0 aliphatic carbocycles. The zero-order valence-electron chi connectivity index (χ0n) is 6.44. The Bertz CT molecular complexity index is 289. The van der Waals surface area contributed by atoms with Crippen molar-refractivity contribution in [3.05, 3.63) is 23.8 Å². The molecule has 1 rings (SSSR count). The van der Waals surface area contributed by atoms with Crippen LogP contribution in [0.2, 0.25) is 0 Å². The Labute approximate surface area is 75.4 Å². The highest BCUT2D eigenvalue weighted by Crippen LogP contribution is 2.18. The summed E-state index contributed by atoms with van der Waals surface area (Å²) in [6.07, 6.45) is 0. The number of esters is 1. The monoisotopic (exact) mass is 184 g/mol. The third-order valence-electron chi connectivity index (χ3n) is 1.32. The molecule has 64 valence electrons. The lowest BCUT2D eigenvalue weighted by Crippen LogP contribution is -2.00. The van der Waals surface area contributed by atoms with E-state index in [4.69, 9.17) is 5.11 Å². The first-order chi connectivity index (χ1) is 5.63. The second kappa shape index (κ2) is 3.49. The summed E-state index contributed by atoms with van der Waals surface area (Å²) in [6, 6.07) is 4.29. The van der Waals surface area contributed by atoms with Gasteiger partial charge in [-0.3, -0.25) is 0 Å². The third-order valence-corrected chi connectivity index (χ3v) is 1.58. The predicted octanol–water partition coefficient (Wildman–Crippen LogP) is 1.47. The van der Waals surface area contributed by atoms with E-state index in [0.717, 1.165) is 0 Å². The number of hydrogen-bond acceptors (Lipinski definition) is 4. The van der Waals surface area contributed by atoms with Crippen molar-refractivity contribution in [3.63, 3.8) is 0 Å². The molecule has 0 aliphatic rings. The van der Waals surface area contributed by atoms with Crippen LogP contribution < -0.4 is 0 Å². The minimum Gasteiger partial charge on any atom is -0.508 e. The first kappa shape index (κ1) is 8.93. The Morgan fingerprint density at radius 3 is 2.67 bits per heavy atom. The first-order valence-electron chi connectivity index (χ1n) is 3.25. The van der Waals surface area contributed by atoms with Crippen LogP contribution in [0, 0.1) is 0 Å². The molecule has 1 aromatic carbocycles. The molecule has 1 aromatic rings. The molecule has 12 heavy (non-hydrogen) atoms. The molecule has 3 nitrogen and oxygen atoms in total. The van der Waals surface area contributed by atoms with E-state index in [1.165, 1.54) is 25.3 Å². The van der Waals surface area contributed by atoms with Gasteiger partial charge in [-0.1, -0.05) is 0 Å². The predicted molar refractivity (Wildman–Crippen MR) is 46.7 cm³/mol. The largest absolute Gasteiger partial charge is 0.508 e. The first-order valence-corrected chi connectivity index (χ1v) is 3.69. The molecule has 0 atom stereocenters. The molecule has 1 N–H and O–H groups in total. The number of carbonyl (C=O) groups excluding carboxylic acids is 1. The standard InChI is InChI=1S/C8H8O3S/c1-11-8(10)5-2-6(9)4-7(12)3-5/h2-4,9,12H,1H3. The fourth-order valence-electron chi connectivity index (χ4n) is 0.831. The summed E-state index contributed by atoms with van der Waals surface area (Å²) in [5, 5.41) is 9.08. The van der Waals surface area contributed by atoms with Gasteiger partial charge in [0.25, 0.3) is 0 Å². The molecule has 4 heteroatoms. The molecular weight excluding hydrogens is 176 g/mol. The van der Waals surface area contributed by atoms with Gasteiger partial charge in [0.2, 0.25) is 0 Å². The smallest absolute Gasteiger partial charge is 0.338 e. The van der Waals surface area contributed by atoms with Crippen molar-refractivity contribution < 1.29 is 14.6 Å². The molecule has 0 saturated carbocycles. The number of aromatic hydroxyl groups is 1. The van der Waals surface area contributed by atoms with Crippen molar-refractivity contribution >= 4 is 18.6 Å². The zero-order chi connectivity index (χ0) is 9.14. The van der Waals surface area contributed by atoms with E-state index in [9.17, 15) is 4.79 Å². The van der Waals surface area contributed by atoms with E-state index in [-0.39, 0.29) is 5.75 Å². The molecule has 0 saturated heterocycles. The highest BCUT2D eigenvalue weighted by molar-refractivity contribution is 7.80. The summed E-state index contributed by atoms with van der Waals surface area (Å²) >= 11 is 3.99. The fraction of sp³-hybridized carbons (Fsp3) is 0.125. The molecule has 0 radical (unpaired) electrons. The molecule has 0 bridgehead atoms. The van der Waals surface area contributed by atoms with Gasteiger partial charge in [-0.25, -0.2) is 4.79 Å². The number of benzene rings is 1. The highest BCUT2D eigenvalue weighted by atomic mass is 32.1. The summed E-state index contributed by atoms with van der Waals surface area (Å²) in [7, 11) is 1.28. The fourth-order valence-corrected chi connectivity index (χ4v) is 1.10. The quantitative estimate of drug-likeness (QED) is 0.513. The van der Waals surface area contributed by atoms with Crippen LogP contribution in [0.25, 0.3) is 0 Å².